The van der Waals surface area contributed by atoms with Crippen LogP contribution in [0.4, 0.5) is 0 Å². The van der Waals surface area contributed by atoms with Gasteiger partial charge in [-0.2, -0.15) is 0 Å². The molecule has 0 fully saturated rings. The highest BCUT2D eigenvalue weighted by Gasteiger charge is 2.44. The lowest BCUT2D eigenvalue weighted by Gasteiger charge is -2.35. The lowest BCUT2D eigenvalue weighted by Crippen LogP contribution is -2.75. The summed E-state index contributed by atoms with van der Waals surface area (Å²) in [7, 11) is -3.12. The summed E-state index contributed by atoms with van der Waals surface area (Å²) in [5.41, 5.74) is 12.8. The van der Waals surface area contributed by atoms with Gasteiger partial charge in [0.05, 0.1) is 44.5 Å². The van der Waals surface area contributed by atoms with Gasteiger partial charge in [-0.3, -0.25) is 0 Å². The molecule has 0 atom stereocenters. The Morgan fingerprint density at radius 3 is 1.17 bits per heavy atom. The molecule has 0 unspecified atom stereocenters. The van der Waals surface area contributed by atoms with E-state index in [1.54, 1.807) is 0 Å². The number of aromatic nitrogens is 3. The van der Waals surface area contributed by atoms with Crippen LogP contribution in [-0.2, 0) is 0 Å². The first-order valence-electron chi connectivity index (χ1n) is 24.2. The van der Waals surface area contributed by atoms with Gasteiger partial charge in [0.2, 0.25) is 0 Å². The molecule has 0 aliphatic heterocycles. The standard InChI is InChI=1S/C66H45N3Si/c1-5-23-46(24-6-1)47-25-19-26-48(45-47)67-58-39-16-15-35-54(58)55-36-20-43-62(64(55)67)69-65-56(37-21-42-61(65)68-59-40-17-13-33-52(59)53-34-14-18-41-60(53)68)57-38-22-44-63(66(57)69)70(49-27-7-2-8-28-49,50-29-9-3-10-30-50)51-31-11-4-12-32-51/h1-45H. The van der Waals surface area contributed by atoms with E-state index in [1.165, 1.54) is 86.3 Å². The van der Waals surface area contributed by atoms with Crippen molar-refractivity contribution < 1.29 is 0 Å². The van der Waals surface area contributed by atoms with E-state index in [4.69, 9.17) is 0 Å². The number of hydrogen-bond donors (Lipinski definition) is 0. The van der Waals surface area contributed by atoms with E-state index < -0.39 is 8.07 Å². The topological polar surface area (TPSA) is 14.8 Å². The molecule has 0 bridgehead atoms. The van der Waals surface area contributed by atoms with Crippen molar-refractivity contribution in [1.82, 2.24) is 13.7 Å². The van der Waals surface area contributed by atoms with Crippen LogP contribution in [0.2, 0.25) is 0 Å². The molecule has 328 valence electrons. The minimum absolute atomic E-state index is 1.12. The van der Waals surface area contributed by atoms with Crippen molar-refractivity contribution in [2.45, 2.75) is 0 Å². The smallest absolute Gasteiger partial charge is 0.181 e. The van der Waals surface area contributed by atoms with Crippen LogP contribution in [0, 0.1) is 0 Å². The minimum Gasteiger partial charge on any atom is -0.307 e. The molecule has 0 N–H and O–H groups in total. The van der Waals surface area contributed by atoms with E-state index in [1.807, 2.05) is 0 Å². The third-order valence-corrected chi connectivity index (χ3v) is 19.6. The molecule has 3 aromatic heterocycles. The third-order valence-electron chi connectivity index (χ3n) is 14.8. The summed E-state index contributed by atoms with van der Waals surface area (Å²) in [5.74, 6) is 0. The monoisotopic (exact) mass is 907 g/mol. The Balaban J connectivity index is 1.22. The summed E-state index contributed by atoms with van der Waals surface area (Å²) in [6.07, 6.45) is 0. The van der Waals surface area contributed by atoms with Crippen molar-refractivity contribution in [3.8, 4) is 28.2 Å². The second-order valence-corrected chi connectivity index (χ2v) is 22.1. The Hall–Kier alpha value is -8.96. The summed E-state index contributed by atoms with van der Waals surface area (Å²) in [5, 5.41) is 12.7. The van der Waals surface area contributed by atoms with E-state index in [2.05, 4.69) is 287 Å². The number of nitrogens with zero attached hydrogens (tertiary/aromatic N) is 3. The highest BCUT2D eigenvalue weighted by atomic mass is 28.3. The third kappa shape index (κ3) is 5.87. The Kier molecular flexibility index (Phi) is 9.23. The molecule has 0 aliphatic carbocycles. The molecule has 0 saturated carbocycles. The molecule has 0 aliphatic rings. The maximum absolute atomic E-state index is 3.12. The zero-order valence-corrected chi connectivity index (χ0v) is 39.3. The first kappa shape index (κ1) is 40.1. The lowest BCUT2D eigenvalue weighted by molar-refractivity contribution is 1.11. The summed E-state index contributed by atoms with van der Waals surface area (Å²) in [6, 6.07) is 102. The predicted molar refractivity (Wildman–Crippen MR) is 299 cm³/mol. The molecule has 14 rings (SSSR count). The van der Waals surface area contributed by atoms with E-state index in [-0.39, 0.29) is 0 Å². The van der Waals surface area contributed by atoms with E-state index in [9.17, 15) is 0 Å². The highest BCUT2D eigenvalue weighted by Crippen LogP contribution is 2.43. The molecule has 3 heterocycles. The zero-order chi connectivity index (χ0) is 46.2. The molecule has 0 spiro atoms. The highest BCUT2D eigenvalue weighted by molar-refractivity contribution is 7.20. The molecule has 0 amide bonds. The van der Waals surface area contributed by atoms with Gasteiger partial charge in [0, 0.05) is 38.0 Å². The largest absolute Gasteiger partial charge is 0.307 e. The summed E-state index contributed by atoms with van der Waals surface area (Å²) >= 11 is 0. The fraction of sp³-hybridized carbons (Fsp3) is 0. The van der Waals surface area contributed by atoms with Crippen molar-refractivity contribution in [2.75, 3.05) is 0 Å². The molecular weight excluding hydrogens is 863 g/mol. The second-order valence-electron chi connectivity index (χ2n) is 18.4. The molecule has 14 aromatic rings. The number of benzene rings is 11. The molecule has 0 saturated heterocycles. The van der Waals surface area contributed by atoms with Crippen LogP contribution in [-0.4, -0.2) is 21.8 Å². The zero-order valence-electron chi connectivity index (χ0n) is 38.3. The lowest BCUT2D eigenvalue weighted by atomic mass is 10.1. The van der Waals surface area contributed by atoms with E-state index in [0.717, 1.165) is 28.1 Å². The van der Waals surface area contributed by atoms with E-state index in [0.29, 0.717) is 0 Å². The van der Waals surface area contributed by atoms with Gasteiger partial charge in [-0.25, -0.2) is 0 Å². The summed E-state index contributed by atoms with van der Waals surface area (Å²) < 4.78 is 7.71. The Morgan fingerprint density at radius 2 is 0.614 bits per heavy atom. The fourth-order valence-corrected chi connectivity index (χ4v) is 16.9. The first-order valence-corrected chi connectivity index (χ1v) is 26.2. The normalized spacial score (nSPS) is 12.0. The average Bonchev–Trinajstić information content (AvgIpc) is 4.09. The number of hydrogen-bond acceptors (Lipinski definition) is 0. The molecule has 4 heteroatoms. The van der Waals surface area contributed by atoms with Crippen molar-refractivity contribution in [1.29, 1.82) is 0 Å². The van der Waals surface area contributed by atoms with Gasteiger partial charge in [0.1, 0.15) is 0 Å². The summed E-state index contributed by atoms with van der Waals surface area (Å²) in [6.45, 7) is 0. The Labute approximate surface area is 407 Å². The molecule has 11 aromatic carbocycles. The van der Waals surface area contributed by atoms with Crippen LogP contribution >= 0.6 is 0 Å². The molecule has 70 heavy (non-hydrogen) atoms. The van der Waals surface area contributed by atoms with Crippen molar-refractivity contribution in [3.63, 3.8) is 0 Å². The van der Waals surface area contributed by atoms with Crippen molar-refractivity contribution in [3.05, 3.63) is 273 Å². The van der Waals surface area contributed by atoms with Crippen LogP contribution in [0.3, 0.4) is 0 Å². The Bertz CT molecular complexity index is 4130. The van der Waals surface area contributed by atoms with Crippen LogP contribution in [0.15, 0.2) is 273 Å². The minimum atomic E-state index is -3.12. The van der Waals surface area contributed by atoms with Gasteiger partial charge in [-0.05, 0) is 74.3 Å². The number of rotatable bonds is 8. The average molecular weight is 908 g/mol. The second kappa shape index (κ2) is 16.1. The molecule has 3 nitrogen and oxygen atoms in total. The van der Waals surface area contributed by atoms with Gasteiger partial charge < -0.3 is 13.7 Å². The van der Waals surface area contributed by atoms with Crippen molar-refractivity contribution >= 4 is 94.2 Å². The van der Waals surface area contributed by atoms with E-state index >= 15 is 0 Å². The first-order chi connectivity index (χ1) is 34.8. The maximum Gasteiger partial charge on any atom is 0.181 e. The molecule has 0 radical (unpaired) electrons. The van der Waals surface area contributed by atoms with Gasteiger partial charge >= 0.3 is 0 Å². The maximum atomic E-state index is 2.67. The van der Waals surface area contributed by atoms with Crippen LogP contribution < -0.4 is 20.7 Å². The van der Waals surface area contributed by atoms with Gasteiger partial charge in [-0.1, -0.05) is 231 Å². The fourth-order valence-electron chi connectivity index (χ4n) is 11.9. The number of para-hydroxylation sites is 6. The quantitative estimate of drug-likeness (QED) is 0.107. The Morgan fingerprint density at radius 1 is 0.243 bits per heavy atom. The van der Waals surface area contributed by atoms with Gasteiger partial charge in [0.25, 0.3) is 0 Å². The SMILES string of the molecule is c1ccc(-c2cccc(-n3c4ccccc4c4cccc(-n5c6c(-n7c8ccccc8c8ccccc87)cccc6c6cccc([Si](c7ccccc7)(c7ccccc7)c7ccccc7)c65)c43)c2)cc1. The van der Waals surface area contributed by atoms with Crippen LogP contribution in [0.1, 0.15) is 0 Å². The predicted octanol–water partition coefficient (Wildman–Crippen LogP) is 14.0. The summed E-state index contributed by atoms with van der Waals surface area (Å²) in [4.78, 5) is 0. The van der Waals surface area contributed by atoms with Crippen LogP contribution in [0.5, 0.6) is 0 Å². The van der Waals surface area contributed by atoms with Gasteiger partial charge in [-0.15, -0.1) is 0 Å². The van der Waals surface area contributed by atoms with Crippen molar-refractivity contribution in [2.24, 2.45) is 0 Å². The van der Waals surface area contributed by atoms with Crippen LogP contribution in [0.25, 0.3) is 93.6 Å². The molecular formula is C66H45N3Si. The number of fused-ring (bicyclic) bond motifs is 9. The van der Waals surface area contributed by atoms with Gasteiger partial charge in [0.15, 0.2) is 8.07 Å².